The first-order valence-corrected chi connectivity index (χ1v) is 8.59. The first kappa shape index (κ1) is 14.5. The minimum absolute atomic E-state index is 0.150. The van der Waals surface area contributed by atoms with Crippen molar-refractivity contribution < 1.29 is 9.53 Å². The summed E-state index contributed by atoms with van der Waals surface area (Å²) >= 11 is 0. The quantitative estimate of drug-likeness (QED) is 0.555. The van der Waals surface area contributed by atoms with E-state index in [1.165, 1.54) is 11.1 Å². The Hall–Kier alpha value is -2.87. The molecule has 0 unspecified atom stereocenters. The van der Waals surface area contributed by atoms with Gasteiger partial charge in [-0.3, -0.25) is 0 Å². The van der Waals surface area contributed by atoms with Gasteiger partial charge in [0.2, 0.25) is 0 Å². The van der Waals surface area contributed by atoms with E-state index < -0.39 is 5.60 Å². The molecular formula is C23H18O2. The number of carbonyl (C=O) groups is 1. The van der Waals surface area contributed by atoms with Crippen LogP contribution in [0.1, 0.15) is 52.0 Å². The summed E-state index contributed by atoms with van der Waals surface area (Å²) in [6, 6.07) is 24.4. The molecule has 2 nitrogen and oxygen atoms in total. The Labute approximate surface area is 147 Å². The Bertz CT molecular complexity index is 980. The molecule has 0 fully saturated rings. The number of benzene rings is 3. The third kappa shape index (κ3) is 1.62. The third-order valence-electron chi connectivity index (χ3n) is 5.73. The molecule has 0 aromatic heterocycles. The van der Waals surface area contributed by atoms with Crippen LogP contribution in [0, 0.1) is 0 Å². The second kappa shape index (κ2) is 4.60. The largest absolute Gasteiger partial charge is 0.441 e. The standard InChI is InChI=1S/C23H18O2/c1-22(2)17-11-5-7-13-19(17)23(20-14-8-6-12-18(20)22)16-10-4-3-9-15(16)21(24)25-23/h3-14H,1-2H3. The summed E-state index contributed by atoms with van der Waals surface area (Å²) in [4.78, 5) is 12.7. The van der Waals surface area contributed by atoms with Crippen LogP contribution in [-0.2, 0) is 15.8 Å². The number of fused-ring (bicyclic) bond motifs is 6. The van der Waals surface area contributed by atoms with Gasteiger partial charge in [0.25, 0.3) is 0 Å². The molecule has 1 aliphatic carbocycles. The lowest BCUT2D eigenvalue weighted by Crippen LogP contribution is -2.41. The van der Waals surface area contributed by atoms with Gasteiger partial charge < -0.3 is 4.74 Å². The third-order valence-corrected chi connectivity index (χ3v) is 5.73. The molecule has 0 radical (unpaired) electrons. The van der Waals surface area contributed by atoms with Crippen LogP contribution in [0.15, 0.2) is 72.8 Å². The number of ether oxygens (including phenoxy) is 1. The van der Waals surface area contributed by atoms with Gasteiger partial charge in [0.1, 0.15) is 0 Å². The number of hydrogen-bond donors (Lipinski definition) is 0. The summed E-state index contributed by atoms with van der Waals surface area (Å²) in [5.74, 6) is -0.250. The molecule has 0 N–H and O–H groups in total. The zero-order valence-corrected chi connectivity index (χ0v) is 14.2. The SMILES string of the molecule is CC1(C)c2ccccc2C2(OC(=O)c3ccccc32)c2ccccc21. The van der Waals surface area contributed by atoms with Crippen molar-refractivity contribution in [1.82, 2.24) is 0 Å². The smallest absolute Gasteiger partial charge is 0.340 e. The van der Waals surface area contributed by atoms with E-state index in [2.05, 4.69) is 50.2 Å². The van der Waals surface area contributed by atoms with Gasteiger partial charge in [0.15, 0.2) is 5.60 Å². The Balaban J connectivity index is 1.97. The first-order chi connectivity index (χ1) is 12.1. The van der Waals surface area contributed by atoms with Crippen LogP contribution in [0.3, 0.4) is 0 Å². The molecule has 0 saturated carbocycles. The van der Waals surface area contributed by atoms with E-state index in [9.17, 15) is 4.79 Å². The zero-order valence-electron chi connectivity index (χ0n) is 14.2. The molecule has 25 heavy (non-hydrogen) atoms. The maximum absolute atomic E-state index is 12.7. The normalized spacial score (nSPS) is 18.2. The molecule has 0 saturated heterocycles. The maximum atomic E-state index is 12.7. The highest BCUT2D eigenvalue weighted by Gasteiger charge is 2.55. The summed E-state index contributed by atoms with van der Waals surface area (Å²) < 4.78 is 6.17. The van der Waals surface area contributed by atoms with Crippen molar-refractivity contribution in [2.24, 2.45) is 0 Å². The van der Waals surface area contributed by atoms with Crippen molar-refractivity contribution in [3.8, 4) is 0 Å². The molecular weight excluding hydrogens is 308 g/mol. The molecule has 0 amide bonds. The minimum atomic E-state index is -0.851. The van der Waals surface area contributed by atoms with Crippen LogP contribution in [0.25, 0.3) is 0 Å². The van der Waals surface area contributed by atoms with E-state index >= 15 is 0 Å². The summed E-state index contributed by atoms with van der Waals surface area (Å²) in [6.45, 7) is 4.47. The molecule has 0 bridgehead atoms. The van der Waals surface area contributed by atoms with Crippen molar-refractivity contribution >= 4 is 5.97 Å². The number of carbonyl (C=O) groups excluding carboxylic acids is 1. The Morgan fingerprint density at radius 1 is 0.640 bits per heavy atom. The average molecular weight is 326 g/mol. The average Bonchev–Trinajstić information content (AvgIpc) is 2.95. The van der Waals surface area contributed by atoms with Crippen LogP contribution in [0.2, 0.25) is 0 Å². The van der Waals surface area contributed by atoms with Gasteiger partial charge in [-0.15, -0.1) is 0 Å². The van der Waals surface area contributed by atoms with E-state index in [1.54, 1.807) is 0 Å². The van der Waals surface area contributed by atoms with Gasteiger partial charge in [0.05, 0.1) is 5.56 Å². The highest BCUT2D eigenvalue weighted by molar-refractivity contribution is 5.96. The molecule has 1 heterocycles. The van der Waals surface area contributed by atoms with Crippen LogP contribution in [0.4, 0.5) is 0 Å². The van der Waals surface area contributed by atoms with E-state index in [4.69, 9.17) is 4.74 Å². The topological polar surface area (TPSA) is 26.3 Å². The summed E-state index contributed by atoms with van der Waals surface area (Å²) in [6.07, 6.45) is 0. The lowest BCUT2D eigenvalue weighted by atomic mass is 9.62. The van der Waals surface area contributed by atoms with Crippen molar-refractivity contribution in [3.05, 3.63) is 106 Å². The van der Waals surface area contributed by atoms with Gasteiger partial charge in [-0.2, -0.15) is 0 Å². The van der Waals surface area contributed by atoms with Gasteiger partial charge in [-0.25, -0.2) is 4.79 Å². The molecule has 2 aliphatic rings. The van der Waals surface area contributed by atoms with Crippen LogP contribution >= 0.6 is 0 Å². The van der Waals surface area contributed by atoms with E-state index in [1.807, 2.05) is 36.4 Å². The Morgan fingerprint density at radius 2 is 1.08 bits per heavy atom. The van der Waals surface area contributed by atoms with Crippen molar-refractivity contribution in [1.29, 1.82) is 0 Å². The monoisotopic (exact) mass is 326 g/mol. The van der Waals surface area contributed by atoms with E-state index in [0.29, 0.717) is 5.56 Å². The lowest BCUT2D eigenvalue weighted by Gasteiger charge is -2.44. The molecule has 1 spiro atoms. The fourth-order valence-corrected chi connectivity index (χ4v) is 4.58. The van der Waals surface area contributed by atoms with Gasteiger partial charge >= 0.3 is 5.97 Å². The second-order valence-electron chi connectivity index (χ2n) is 7.33. The number of rotatable bonds is 0. The summed E-state index contributed by atoms with van der Waals surface area (Å²) in [5.41, 5.74) is 5.14. The van der Waals surface area contributed by atoms with Crippen LogP contribution in [-0.4, -0.2) is 5.97 Å². The van der Waals surface area contributed by atoms with Gasteiger partial charge in [-0.1, -0.05) is 80.6 Å². The van der Waals surface area contributed by atoms with E-state index in [-0.39, 0.29) is 11.4 Å². The maximum Gasteiger partial charge on any atom is 0.340 e. The molecule has 122 valence electrons. The molecule has 3 aromatic carbocycles. The summed E-state index contributed by atoms with van der Waals surface area (Å²) in [7, 11) is 0. The lowest BCUT2D eigenvalue weighted by molar-refractivity contribution is 0.0231. The fraction of sp³-hybridized carbons (Fsp3) is 0.174. The minimum Gasteiger partial charge on any atom is -0.441 e. The predicted molar refractivity (Wildman–Crippen MR) is 96.8 cm³/mol. The van der Waals surface area contributed by atoms with Crippen molar-refractivity contribution in [3.63, 3.8) is 0 Å². The molecule has 3 aromatic rings. The molecule has 1 aliphatic heterocycles. The number of esters is 1. The second-order valence-corrected chi connectivity index (χ2v) is 7.33. The molecule has 0 atom stereocenters. The van der Waals surface area contributed by atoms with Crippen molar-refractivity contribution in [2.45, 2.75) is 24.9 Å². The molecule has 5 rings (SSSR count). The number of hydrogen-bond acceptors (Lipinski definition) is 2. The Morgan fingerprint density at radius 3 is 1.64 bits per heavy atom. The summed E-state index contributed by atoms with van der Waals surface area (Å²) in [5, 5.41) is 0. The van der Waals surface area contributed by atoms with Gasteiger partial charge in [-0.05, 0) is 17.2 Å². The highest BCUT2D eigenvalue weighted by Crippen LogP contribution is 2.56. The zero-order chi connectivity index (χ0) is 17.2. The fourth-order valence-electron chi connectivity index (χ4n) is 4.58. The first-order valence-electron chi connectivity index (χ1n) is 8.59. The van der Waals surface area contributed by atoms with E-state index in [0.717, 1.165) is 16.7 Å². The predicted octanol–water partition coefficient (Wildman–Crippen LogP) is 4.79. The van der Waals surface area contributed by atoms with Gasteiger partial charge in [0, 0.05) is 22.1 Å². The van der Waals surface area contributed by atoms with Crippen LogP contribution < -0.4 is 0 Å². The highest BCUT2D eigenvalue weighted by atomic mass is 16.6. The van der Waals surface area contributed by atoms with Crippen molar-refractivity contribution in [2.75, 3.05) is 0 Å². The molecule has 2 heteroatoms. The Kier molecular flexibility index (Phi) is 2.66. The van der Waals surface area contributed by atoms with Crippen LogP contribution in [0.5, 0.6) is 0 Å².